The maximum absolute atomic E-state index is 13.5. The first-order valence-electron chi connectivity index (χ1n) is 5.06. The van der Waals surface area contributed by atoms with Crippen molar-refractivity contribution >= 4 is 11.6 Å². The highest BCUT2D eigenvalue weighted by Crippen LogP contribution is 2.22. The number of nitrogens with two attached hydrogens (primary N) is 1. The van der Waals surface area contributed by atoms with Gasteiger partial charge in [0.25, 0.3) is 0 Å². The summed E-state index contributed by atoms with van der Waals surface area (Å²) in [6.07, 6.45) is 0.521. The second kappa shape index (κ2) is 4.50. The average molecular weight is 230 g/mol. The van der Waals surface area contributed by atoms with Crippen molar-refractivity contribution in [3.8, 4) is 0 Å². The molecule has 0 heterocycles. The molecule has 0 aliphatic carbocycles. The van der Waals surface area contributed by atoms with Crippen molar-refractivity contribution < 1.29 is 4.39 Å². The van der Waals surface area contributed by atoms with Gasteiger partial charge in [0.1, 0.15) is 5.82 Å². The van der Waals surface area contributed by atoms with Crippen LogP contribution < -0.4 is 5.73 Å². The fraction of sp³-hybridized carbons (Fsp3) is 0.500. The van der Waals surface area contributed by atoms with Crippen molar-refractivity contribution in [2.75, 3.05) is 0 Å². The molecule has 0 saturated carbocycles. The lowest BCUT2D eigenvalue weighted by Gasteiger charge is -2.29. The van der Waals surface area contributed by atoms with E-state index in [1.807, 2.05) is 20.8 Å². The predicted molar refractivity (Wildman–Crippen MR) is 62.5 cm³/mol. The van der Waals surface area contributed by atoms with E-state index in [9.17, 15) is 4.39 Å². The molecule has 0 amide bonds. The van der Waals surface area contributed by atoms with Gasteiger partial charge in [-0.05, 0) is 37.0 Å². The maximum atomic E-state index is 13.5. The van der Waals surface area contributed by atoms with Crippen molar-refractivity contribution in [2.45, 2.75) is 32.7 Å². The summed E-state index contributed by atoms with van der Waals surface area (Å²) in [4.78, 5) is 0. The summed E-state index contributed by atoms with van der Waals surface area (Å²) in [6, 6.07) is 4.72. The lowest BCUT2D eigenvalue weighted by Crippen LogP contribution is -2.44. The van der Waals surface area contributed by atoms with Crippen molar-refractivity contribution in [3.05, 3.63) is 34.6 Å². The predicted octanol–water partition coefficient (Wildman–Crippen LogP) is 3.40. The zero-order valence-electron chi connectivity index (χ0n) is 9.35. The molecule has 1 aromatic rings. The third-order valence-corrected chi connectivity index (χ3v) is 3.14. The van der Waals surface area contributed by atoms with E-state index in [1.165, 1.54) is 6.07 Å². The molecule has 1 nitrogen and oxygen atoms in total. The standard InChI is InChI=1S/C12H17ClFN/c1-8(2)12(3,15)7-9-4-5-10(13)6-11(9)14/h4-6,8H,7,15H2,1-3H3. The van der Waals surface area contributed by atoms with Crippen LogP contribution in [0.5, 0.6) is 0 Å². The molecule has 0 bridgehead atoms. The van der Waals surface area contributed by atoms with E-state index in [0.29, 0.717) is 22.9 Å². The lowest BCUT2D eigenvalue weighted by molar-refractivity contribution is 0.333. The largest absolute Gasteiger partial charge is 0.325 e. The smallest absolute Gasteiger partial charge is 0.127 e. The zero-order valence-corrected chi connectivity index (χ0v) is 10.1. The summed E-state index contributed by atoms with van der Waals surface area (Å²) in [6.45, 7) is 6.01. The topological polar surface area (TPSA) is 26.0 Å². The minimum absolute atomic E-state index is 0.278. The first-order chi connectivity index (χ1) is 6.83. The number of hydrogen-bond donors (Lipinski definition) is 1. The Labute approximate surface area is 95.4 Å². The minimum Gasteiger partial charge on any atom is -0.325 e. The first kappa shape index (κ1) is 12.5. The van der Waals surface area contributed by atoms with Gasteiger partial charge in [-0.15, -0.1) is 0 Å². The van der Waals surface area contributed by atoms with Crippen molar-refractivity contribution in [1.29, 1.82) is 0 Å². The van der Waals surface area contributed by atoms with Crippen LogP contribution in [0, 0.1) is 11.7 Å². The Balaban J connectivity index is 2.90. The fourth-order valence-corrected chi connectivity index (χ4v) is 1.44. The maximum Gasteiger partial charge on any atom is 0.127 e. The van der Waals surface area contributed by atoms with Gasteiger partial charge in [0.2, 0.25) is 0 Å². The van der Waals surface area contributed by atoms with Crippen molar-refractivity contribution in [3.63, 3.8) is 0 Å². The molecular weight excluding hydrogens is 213 g/mol. The van der Waals surface area contributed by atoms with E-state index in [4.69, 9.17) is 17.3 Å². The third-order valence-electron chi connectivity index (χ3n) is 2.91. The second-order valence-electron chi connectivity index (χ2n) is 4.57. The Kier molecular flexibility index (Phi) is 3.74. The molecule has 0 saturated heterocycles. The Morgan fingerprint density at radius 1 is 1.47 bits per heavy atom. The molecule has 0 radical (unpaired) electrons. The summed E-state index contributed by atoms with van der Waals surface area (Å²) in [7, 11) is 0. The van der Waals surface area contributed by atoms with E-state index >= 15 is 0 Å². The summed E-state index contributed by atoms with van der Waals surface area (Å²) >= 11 is 5.68. The van der Waals surface area contributed by atoms with Gasteiger partial charge in [-0.1, -0.05) is 31.5 Å². The van der Waals surface area contributed by atoms with Gasteiger partial charge in [0.15, 0.2) is 0 Å². The van der Waals surface area contributed by atoms with Gasteiger partial charge >= 0.3 is 0 Å². The van der Waals surface area contributed by atoms with Crippen LogP contribution in [-0.2, 0) is 6.42 Å². The van der Waals surface area contributed by atoms with Gasteiger partial charge in [-0.25, -0.2) is 4.39 Å². The van der Waals surface area contributed by atoms with Crippen LogP contribution in [0.3, 0.4) is 0 Å². The van der Waals surface area contributed by atoms with Crippen LogP contribution in [0.4, 0.5) is 4.39 Å². The summed E-state index contributed by atoms with van der Waals surface area (Å²) < 4.78 is 13.5. The number of benzene rings is 1. The van der Waals surface area contributed by atoms with Gasteiger partial charge in [-0.3, -0.25) is 0 Å². The van der Waals surface area contributed by atoms with Crippen LogP contribution in [0.15, 0.2) is 18.2 Å². The SMILES string of the molecule is CC(C)C(C)(N)Cc1ccc(Cl)cc1F. The van der Waals surface area contributed by atoms with Gasteiger partial charge in [0, 0.05) is 10.6 Å². The Morgan fingerprint density at radius 2 is 2.07 bits per heavy atom. The van der Waals surface area contributed by atoms with E-state index in [0.717, 1.165) is 0 Å². The molecule has 2 N–H and O–H groups in total. The van der Waals surface area contributed by atoms with Gasteiger partial charge in [0.05, 0.1) is 0 Å². The van der Waals surface area contributed by atoms with Crippen LogP contribution >= 0.6 is 11.6 Å². The lowest BCUT2D eigenvalue weighted by atomic mass is 9.83. The molecular formula is C12H17ClFN. The zero-order chi connectivity index (χ0) is 11.6. The number of hydrogen-bond acceptors (Lipinski definition) is 1. The molecule has 0 aliphatic rings. The Hall–Kier alpha value is -0.600. The number of halogens is 2. The van der Waals surface area contributed by atoms with Crippen LogP contribution in [-0.4, -0.2) is 5.54 Å². The van der Waals surface area contributed by atoms with Gasteiger partial charge < -0.3 is 5.73 Å². The molecule has 0 aliphatic heterocycles. The molecule has 1 aromatic carbocycles. The molecule has 0 aromatic heterocycles. The highest BCUT2D eigenvalue weighted by molar-refractivity contribution is 6.30. The van der Waals surface area contributed by atoms with E-state index in [2.05, 4.69) is 0 Å². The first-order valence-corrected chi connectivity index (χ1v) is 5.43. The van der Waals surface area contributed by atoms with Crippen LogP contribution in [0.25, 0.3) is 0 Å². The molecule has 0 spiro atoms. The summed E-state index contributed by atoms with van der Waals surface area (Å²) in [5, 5.41) is 0.416. The summed E-state index contributed by atoms with van der Waals surface area (Å²) in [5.74, 6) is 0.0207. The normalized spacial score (nSPS) is 15.4. The molecule has 1 unspecified atom stereocenters. The van der Waals surface area contributed by atoms with Crippen LogP contribution in [0.1, 0.15) is 26.3 Å². The second-order valence-corrected chi connectivity index (χ2v) is 5.01. The minimum atomic E-state index is -0.394. The van der Waals surface area contributed by atoms with Gasteiger partial charge in [-0.2, -0.15) is 0 Å². The van der Waals surface area contributed by atoms with Crippen LogP contribution in [0.2, 0.25) is 5.02 Å². The third kappa shape index (κ3) is 3.18. The molecule has 84 valence electrons. The molecule has 15 heavy (non-hydrogen) atoms. The van der Waals surface area contributed by atoms with Crippen molar-refractivity contribution in [2.24, 2.45) is 11.7 Å². The van der Waals surface area contributed by atoms with E-state index in [1.54, 1.807) is 12.1 Å². The monoisotopic (exact) mass is 229 g/mol. The molecule has 0 fully saturated rings. The van der Waals surface area contributed by atoms with E-state index < -0.39 is 5.54 Å². The highest BCUT2D eigenvalue weighted by atomic mass is 35.5. The summed E-state index contributed by atoms with van der Waals surface area (Å²) in [5.41, 5.74) is 6.33. The average Bonchev–Trinajstić information content (AvgIpc) is 2.09. The molecule has 1 rings (SSSR count). The highest BCUT2D eigenvalue weighted by Gasteiger charge is 2.24. The Morgan fingerprint density at radius 3 is 2.53 bits per heavy atom. The molecule has 1 atom stereocenters. The Bertz CT molecular complexity index is 347. The quantitative estimate of drug-likeness (QED) is 0.845. The molecule has 3 heteroatoms. The number of rotatable bonds is 3. The fourth-order valence-electron chi connectivity index (χ4n) is 1.28. The van der Waals surface area contributed by atoms with E-state index in [-0.39, 0.29) is 5.82 Å². The van der Waals surface area contributed by atoms with Crippen molar-refractivity contribution in [1.82, 2.24) is 0 Å².